The fourth-order valence-electron chi connectivity index (χ4n) is 3.68. The molecule has 1 atom stereocenters. The van der Waals surface area contributed by atoms with Crippen LogP contribution < -0.4 is 31.9 Å². The van der Waals surface area contributed by atoms with Crippen molar-refractivity contribution in [1.29, 1.82) is 0 Å². The van der Waals surface area contributed by atoms with Crippen molar-refractivity contribution in [1.82, 2.24) is 20.3 Å². The molecule has 0 aliphatic carbocycles. The Labute approximate surface area is 237 Å². The van der Waals surface area contributed by atoms with Gasteiger partial charge in [-0.15, -0.1) is 0 Å². The van der Waals surface area contributed by atoms with E-state index < -0.39 is 34.8 Å². The largest absolute Gasteiger partial charge is 0.444 e. The summed E-state index contributed by atoms with van der Waals surface area (Å²) in [5.41, 5.74) is -0.0589. The summed E-state index contributed by atoms with van der Waals surface area (Å²) < 4.78 is 10.8. The number of hydrogen-bond donors (Lipinski definition) is 3. The molecule has 3 N–H and O–H groups in total. The summed E-state index contributed by atoms with van der Waals surface area (Å²) in [6, 6.07) is 10.5. The van der Waals surface area contributed by atoms with E-state index in [0.29, 0.717) is 11.3 Å². The number of ether oxygens (including phenoxy) is 2. The van der Waals surface area contributed by atoms with E-state index in [2.05, 4.69) is 20.3 Å². The third kappa shape index (κ3) is 9.31. The van der Waals surface area contributed by atoms with Gasteiger partial charge in [0.1, 0.15) is 22.0 Å². The normalized spacial score (nSPS) is 13.7. The van der Waals surface area contributed by atoms with Crippen LogP contribution in [0.2, 0.25) is 0 Å². The highest BCUT2D eigenvalue weighted by molar-refractivity contribution is 5.84. The zero-order valence-corrected chi connectivity index (χ0v) is 23.7. The van der Waals surface area contributed by atoms with Crippen LogP contribution in [-0.4, -0.2) is 32.6 Å². The SMILES string of the molecule is C\C=C/C(/C=c1\[nH]c(=O)/c(=C/c2ccc(OC(=O)C(NC(=O)OC(C)(C)C)c3ccccc3)cn2)[nH]c1=O)=C\CC. The number of aromatic amines is 2. The molecule has 0 aliphatic heterocycles. The van der Waals surface area contributed by atoms with Crippen molar-refractivity contribution in [3.05, 3.63) is 115 Å². The number of nitrogens with zero attached hydrogens (tertiary/aromatic N) is 1. The Hall–Kier alpha value is -4.99. The smallest absolute Gasteiger partial charge is 0.408 e. The lowest BCUT2D eigenvalue weighted by atomic mass is 10.1. The van der Waals surface area contributed by atoms with Gasteiger partial charge in [0.2, 0.25) is 0 Å². The van der Waals surface area contributed by atoms with Gasteiger partial charge in [-0.2, -0.15) is 0 Å². The zero-order chi connectivity index (χ0) is 30.0. The molecule has 0 aliphatic rings. The van der Waals surface area contributed by atoms with Crippen molar-refractivity contribution in [2.75, 3.05) is 0 Å². The molecule has 0 fully saturated rings. The number of rotatable bonds is 8. The molecule has 10 heteroatoms. The topological polar surface area (TPSA) is 143 Å². The predicted octanol–water partition coefficient (Wildman–Crippen LogP) is 3.15. The van der Waals surface area contributed by atoms with Gasteiger partial charge in [-0.25, -0.2) is 9.59 Å². The monoisotopic (exact) mass is 558 g/mol. The molecule has 0 bridgehead atoms. The first-order valence-corrected chi connectivity index (χ1v) is 13.1. The van der Waals surface area contributed by atoms with Gasteiger partial charge in [0.05, 0.1) is 11.9 Å². The van der Waals surface area contributed by atoms with Crippen LogP contribution >= 0.6 is 0 Å². The maximum atomic E-state index is 13.0. The molecule has 0 radical (unpaired) electrons. The molecule has 2 heterocycles. The minimum atomic E-state index is -1.13. The first-order chi connectivity index (χ1) is 19.5. The fraction of sp³-hybridized carbons (Fsp3) is 0.258. The Balaban J connectivity index is 1.83. The Morgan fingerprint density at radius 1 is 1.02 bits per heavy atom. The van der Waals surface area contributed by atoms with E-state index in [1.165, 1.54) is 24.4 Å². The van der Waals surface area contributed by atoms with Crippen LogP contribution in [0.25, 0.3) is 12.2 Å². The molecular weight excluding hydrogens is 524 g/mol. The quantitative estimate of drug-likeness (QED) is 0.285. The number of benzene rings is 1. The van der Waals surface area contributed by atoms with E-state index in [9.17, 15) is 19.2 Å². The highest BCUT2D eigenvalue weighted by Crippen LogP contribution is 2.19. The zero-order valence-electron chi connectivity index (χ0n) is 23.7. The van der Waals surface area contributed by atoms with Gasteiger partial charge in [-0.1, -0.05) is 55.5 Å². The number of H-pyrrole nitrogens is 2. The minimum absolute atomic E-state index is 0.0159. The van der Waals surface area contributed by atoms with Crippen molar-refractivity contribution >= 4 is 24.2 Å². The molecule has 214 valence electrons. The summed E-state index contributed by atoms with van der Waals surface area (Å²) in [5.74, 6) is -0.631. The number of carbonyl (C=O) groups is 2. The van der Waals surface area contributed by atoms with E-state index in [0.717, 1.165) is 12.0 Å². The van der Waals surface area contributed by atoms with Crippen LogP contribution in [0.3, 0.4) is 0 Å². The third-order valence-electron chi connectivity index (χ3n) is 5.40. The first-order valence-electron chi connectivity index (χ1n) is 13.1. The Kier molecular flexibility index (Phi) is 10.3. The lowest BCUT2D eigenvalue weighted by Crippen LogP contribution is -2.46. The number of esters is 1. The standard InChI is InChI=1S/C31H34N4O6/c1-6-11-20(12-7-2)17-24-27(36)34-25(28(37)33-24)18-22-15-16-23(19-32-22)40-29(38)26(21-13-9-8-10-14-21)35-30(39)41-31(3,4)5/h6,8-19,26H,7H2,1-5H3,(H,33,37)(H,34,36)(H,35,39)/b11-6-,20-12+,24-17-,25-18-. The highest BCUT2D eigenvalue weighted by atomic mass is 16.6. The number of pyridine rings is 1. The molecule has 2 aromatic heterocycles. The number of carbonyl (C=O) groups excluding carboxylic acids is 2. The summed E-state index contributed by atoms with van der Waals surface area (Å²) >= 11 is 0. The molecule has 0 spiro atoms. The predicted molar refractivity (Wildman–Crippen MR) is 157 cm³/mol. The molecule has 1 aromatic carbocycles. The lowest BCUT2D eigenvalue weighted by molar-refractivity contribution is -0.137. The molecule has 3 aromatic rings. The number of aromatic nitrogens is 3. The van der Waals surface area contributed by atoms with Gasteiger partial charge in [0.15, 0.2) is 6.04 Å². The average Bonchev–Trinajstić information content (AvgIpc) is 2.91. The van der Waals surface area contributed by atoms with Crippen LogP contribution in [0, 0.1) is 0 Å². The summed E-state index contributed by atoms with van der Waals surface area (Å²) in [6.07, 6.45) is 9.94. The van der Waals surface area contributed by atoms with Crippen molar-refractivity contribution in [2.24, 2.45) is 0 Å². The lowest BCUT2D eigenvalue weighted by Gasteiger charge is -2.23. The van der Waals surface area contributed by atoms with Gasteiger partial charge in [-0.05, 0) is 69.5 Å². The number of hydrogen-bond acceptors (Lipinski definition) is 7. The molecule has 0 saturated heterocycles. The van der Waals surface area contributed by atoms with Gasteiger partial charge in [0.25, 0.3) is 11.1 Å². The second-order valence-corrected chi connectivity index (χ2v) is 9.97. The molecule has 10 nitrogen and oxygen atoms in total. The highest BCUT2D eigenvalue weighted by Gasteiger charge is 2.27. The van der Waals surface area contributed by atoms with Crippen molar-refractivity contribution in [3.63, 3.8) is 0 Å². The fourth-order valence-corrected chi connectivity index (χ4v) is 3.68. The molecule has 3 rings (SSSR count). The summed E-state index contributed by atoms with van der Waals surface area (Å²) in [4.78, 5) is 60.0. The Bertz CT molecular complexity index is 1660. The van der Waals surface area contributed by atoms with Crippen LogP contribution in [0.1, 0.15) is 58.3 Å². The van der Waals surface area contributed by atoms with Crippen molar-refractivity contribution in [2.45, 2.75) is 52.7 Å². The van der Waals surface area contributed by atoms with Crippen LogP contribution in [0.15, 0.2) is 82.1 Å². The van der Waals surface area contributed by atoms with Crippen LogP contribution in [-0.2, 0) is 9.53 Å². The summed E-state index contributed by atoms with van der Waals surface area (Å²) in [7, 11) is 0. The van der Waals surface area contributed by atoms with Gasteiger partial charge in [-0.3, -0.25) is 14.6 Å². The first kappa shape index (κ1) is 30.6. The van der Waals surface area contributed by atoms with E-state index in [4.69, 9.17) is 9.47 Å². The molecule has 0 saturated carbocycles. The van der Waals surface area contributed by atoms with E-state index in [1.807, 2.05) is 32.1 Å². The maximum Gasteiger partial charge on any atom is 0.408 e. The van der Waals surface area contributed by atoms with E-state index in [-0.39, 0.29) is 16.4 Å². The van der Waals surface area contributed by atoms with Crippen molar-refractivity contribution in [3.8, 4) is 5.75 Å². The average molecular weight is 559 g/mol. The number of nitrogens with one attached hydrogen (secondary N) is 3. The van der Waals surface area contributed by atoms with Gasteiger partial charge >= 0.3 is 12.1 Å². The van der Waals surface area contributed by atoms with Crippen molar-refractivity contribution < 1.29 is 19.1 Å². The summed E-state index contributed by atoms with van der Waals surface area (Å²) in [6.45, 7) is 8.99. The second-order valence-electron chi connectivity index (χ2n) is 9.97. The molecule has 41 heavy (non-hydrogen) atoms. The summed E-state index contributed by atoms with van der Waals surface area (Å²) in [5, 5.41) is 2.70. The Morgan fingerprint density at radius 3 is 2.32 bits per heavy atom. The van der Waals surface area contributed by atoms with E-state index in [1.54, 1.807) is 57.2 Å². The third-order valence-corrected chi connectivity index (χ3v) is 5.40. The van der Waals surface area contributed by atoms with Gasteiger partial charge < -0.3 is 24.8 Å². The van der Waals surface area contributed by atoms with Crippen LogP contribution in [0.5, 0.6) is 5.75 Å². The second kappa shape index (κ2) is 13.9. The molecular formula is C31H34N4O6. The van der Waals surface area contributed by atoms with E-state index >= 15 is 0 Å². The number of alkyl carbamates (subject to hydrolysis) is 1. The molecule has 1 amide bonds. The minimum Gasteiger partial charge on any atom is -0.444 e. The number of amides is 1. The van der Waals surface area contributed by atoms with Gasteiger partial charge in [0, 0.05) is 0 Å². The van der Waals surface area contributed by atoms with Crippen LogP contribution in [0.4, 0.5) is 4.79 Å². The molecule has 1 unspecified atom stereocenters. The Morgan fingerprint density at radius 2 is 1.71 bits per heavy atom. The number of allylic oxidation sites excluding steroid dienone is 4. The maximum absolute atomic E-state index is 13.0.